The molecule has 0 aliphatic heterocycles. The van der Waals surface area contributed by atoms with Crippen molar-refractivity contribution in [3.05, 3.63) is 48.0 Å². The van der Waals surface area contributed by atoms with Crippen LogP contribution in [0.2, 0.25) is 0 Å². The maximum Gasteiger partial charge on any atom is 0.333 e. The summed E-state index contributed by atoms with van der Waals surface area (Å²) in [4.78, 5) is 27.6. The van der Waals surface area contributed by atoms with E-state index in [0.717, 1.165) is 5.56 Å². The smallest absolute Gasteiger partial charge is 0.333 e. The second-order valence-corrected chi connectivity index (χ2v) is 7.01. The van der Waals surface area contributed by atoms with Crippen molar-refractivity contribution in [1.82, 2.24) is 0 Å². The van der Waals surface area contributed by atoms with Gasteiger partial charge in [-0.25, -0.2) is 4.79 Å². The predicted molar refractivity (Wildman–Crippen MR) is 108 cm³/mol. The number of thioether (sulfide) groups is 1. The topological polar surface area (TPSA) is 117 Å². The maximum atomic E-state index is 12.1. The van der Waals surface area contributed by atoms with Crippen molar-refractivity contribution in [3.8, 4) is 0 Å². The number of rotatable bonds is 12. The van der Waals surface area contributed by atoms with Gasteiger partial charge >= 0.3 is 11.9 Å². The number of carbonyl (C=O) groups excluding carboxylic acids is 2. The van der Waals surface area contributed by atoms with E-state index >= 15 is 0 Å². The summed E-state index contributed by atoms with van der Waals surface area (Å²) in [7, 11) is 0. The van der Waals surface area contributed by atoms with Crippen molar-refractivity contribution in [2.24, 2.45) is 16.5 Å². The van der Waals surface area contributed by atoms with Gasteiger partial charge in [0.2, 0.25) is 0 Å². The Labute approximate surface area is 164 Å². The van der Waals surface area contributed by atoms with E-state index in [1.165, 1.54) is 11.8 Å². The number of hydrogen-bond acceptors (Lipinski definition) is 6. The molecule has 27 heavy (non-hydrogen) atoms. The molecule has 0 aliphatic rings. The van der Waals surface area contributed by atoms with Gasteiger partial charge in [-0.2, -0.15) is 11.8 Å². The average molecular weight is 394 g/mol. The lowest BCUT2D eigenvalue weighted by Gasteiger charge is -2.18. The number of hydrogen-bond donors (Lipinski definition) is 2. The van der Waals surface area contributed by atoms with Crippen LogP contribution in [-0.2, 0) is 25.5 Å². The Kier molecular flexibility index (Phi) is 10.7. The molecular formula is C19H27N3O4S. The third kappa shape index (κ3) is 11.0. The van der Waals surface area contributed by atoms with Gasteiger partial charge in [-0.3, -0.25) is 9.79 Å². The third-order valence-electron chi connectivity index (χ3n) is 3.34. The fourth-order valence-corrected chi connectivity index (χ4v) is 2.81. The Hall–Kier alpha value is -2.48. The second-order valence-electron chi connectivity index (χ2n) is 5.86. The molecular weight excluding hydrogens is 366 g/mol. The van der Waals surface area contributed by atoms with Gasteiger partial charge in [0.25, 0.3) is 0 Å². The molecule has 0 heterocycles. The first-order chi connectivity index (χ1) is 12.9. The van der Waals surface area contributed by atoms with E-state index in [1.807, 2.05) is 30.3 Å². The van der Waals surface area contributed by atoms with Gasteiger partial charge in [0.1, 0.15) is 12.7 Å². The highest BCUT2D eigenvalue weighted by Gasteiger charge is 2.17. The van der Waals surface area contributed by atoms with Gasteiger partial charge in [0.15, 0.2) is 5.96 Å². The molecule has 0 fully saturated rings. The molecule has 1 unspecified atom stereocenters. The molecule has 0 aliphatic carbocycles. The molecule has 148 valence electrons. The Balaban J connectivity index is 2.47. The van der Waals surface area contributed by atoms with E-state index < -0.39 is 12.1 Å². The number of guanidine groups is 1. The number of esters is 2. The average Bonchev–Trinajstić information content (AvgIpc) is 2.64. The molecule has 1 aromatic rings. The van der Waals surface area contributed by atoms with Crippen LogP contribution in [0.15, 0.2) is 47.5 Å². The first-order valence-corrected chi connectivity index (χ1v) is 9.73. The molecule has 0 amide bonds. The molecule has 0 saturated carbocycles. The third-order valence-corrected chi connectivity index (χ3v) is 4.42. The molecule has 7 nitrogen and oxygen atoms in total. The highest BCUT2D eigenvalue weighted by atomic mass is 32.2. The van der Waals surface area contributed by atoms with E-state index in [4.69, 9.17) is 20.9 Å². The van der Waals surface area contributed by atoms with E-state index in [1.54, 1.807) is 6.92 Å². The zero-order valence-electron chi connectivity index (χ0n) is 15.6. The molecule has 0 aromatic heterocycles. The highest BCUT2D eigenvalue weighted by molar-refractivity contribution is 7.99. The molecule has 1 aromatic carbocycles. The first kappa shape index (κ1) is 22.6. The Morgan fingerprint density at radius 1 is 1.26 bits per heavy atom. The molecule has 1 rings (SSSR count). The normalized spacial score (nSPS) is 11.3. The van der Waals surface area contributed by atoms with Crippen LogP contribution in [0.1, 0.15) is 18.9 Å². The lowest BCUT2D eigenvalue weighted by Crippen LogP contribution is -2.28. The second kappa shape index (κ2) is 12.8. The van der Waals surface area contributed by atoms with Crippen molar-refractivity contribution in [3.63, 3.8) is 0 Å². The zero-order valence-corrected chi connectivity index (χ0v) is 16.4. The zero-order chi connectivity index (χ0) is 20.1. The largest absolute Gasteiger partial charge is 0.458 e. The summed E-state index contributed by atoms with van der Waals surface area (Å²) in [6.45, 7) is 5.55. The van der Waals surface area contributed by atoms with Crippen molar-refractivity contribution in [2.45, 2.75) is 25.9 Å². The summed E-state index contributed by atoms with van der Waals surface area (Å²) in [6, 6.07) is 9.69. The Morgan fingerprint density at radius 3 is 2.59 bits per heavy atom. The molecule has 0 spiro atoms. The number of benzene rings is 1. The fraction of sp³-hybridized carbons (Fsp3) is 0.421. The monoisotopic (exact) mass is 393 g/mol. The van der Waals surface area contributed by atoms with Crippen LogP contribution < -0.4 is 11.5 Å². The van der Waals surface area contributed by atoms with Gasteiger partial charge in [-0.15, -0.1) is 0 Å². The predicted octanol–water partition coefficient (Wildman–Crippen LogP) is 1.66. The summed E-state index contributed by atoms with van der Waals surface area (Å²) in [6.07, 6.45) is 0.309. The summed E-state index contributed by atoms with van der Waals surface area (Å²) in [5.41, 5.74) is 11.9. The van der Waals surface area contributed by atoms with Crippen LogP contribution in [0.25, 0.3) is 0 Å². The lowest BCUT2D eigenvalue weighted by atomic mass is 10.1. The van der Waals surface area contributed by atoms with Crippen LogP contribution in [0.4, 0.5) is 0 Å². The quantitative estimate of drug-likeness (QED) is 0.182. The summed E-state index contributed by atoms with van der Waals surface area (Å²) in [5, 5.41) is 0. The summed E-state index contributed by atoms with van der Waals surface area (Å²) >= 11 is 1.51. The maximum absolute atomic E-state index is 12.1. The van der Waals surface area contributed by atoms with Crippen LogP contribution in [0.5, 0.6) is 0 Å². The summed E-state index contributed by atoms with van der Waals surface area (Å²) in [5.74, 6) is 0.325. The molecule has 4 N–H and O–H groups in total. The van der Waals surface area contributed by atoms with Gasteiger partial charge in [-0.1, -0.05) is 36.9 Å². The van der Waals surface area contributed by atoms with Crippen LogP contribution in [-0.4, -0.2) is 48.7 Å². The van der Waals surface area contributed by atoms with Gasteiger partial charge < -0.3 is 20.9 Å². The number of nitrogens with two attached hydrogens (primary N) is 2. The summed E-state index contributed by atoms with van der Waals surface area (Å²) < 4.78 is 10.6. The van der Waals surface area contributed by atoms with Gasteiger partial charge in [0.05, 0.1) is 6.54 Å². The number of aryl methyl sites for hydroxylation is 1. The van der Waals surface area contributed by atoms with Crippen molar-refractivity contribution < 1.29 is 19.1 Å². The van der Waals surface area contributed by atoms with E-state index in [0.29, 0.717) is 30.0 Å². The van der Waals surface area contributed by atoms with Gasteiger partial charge in [-0.05, 0) is 18.9 Å². The number of ether oxygens (including phenoxy) is 2. The SMILES string of the molecule is C=C(C)C(=O)OCC(CSCCN=C(N)N)OC(=O)CCc1ccccc1. The first-order valence-electron chi connectivity index (χ1n) is 8.57. The minimum atomic E-state index is -0.541. The minimum absolute atomic E-state index is 0.0158. The van der Waals surface area contributed by atoms with Crippen LogP contribution in [0, 0.1) is 0 Å². The van der Waals surface area contributed by atoms with E-state index in [2.05, 4.69) is 11.6 Å². The number of nitrogens with zero attached hydrogens (tertiary/aromatic N) is 1. The Bertz CT molecular complexity index is 646. The Morgan fingerprint density at radius 2 is 1.96 bits per heavy atom. The van der Waals surface area contributed by atoms with Crippen molar-refractivity contribution in [1.29, 1.82) is 0 Å². The minimum Gasteiger partial charge on any atom is -0.458 e. The van der Waals surface area contributed by atoms with E-state index in [-0.39, 0.29) is 25.0 Å². The highest BCUT2D eigenvalue weighted by Crippen LogP contribution is 2.10. The number of aliphatic imine (C=N–C) groups is 1. The van der Waals surface area contributed by atoms with Crippen molar-refractivity contribution in [2.75, 3.05) is 24.7 Å². The molecule has 0 radical (unpaired) electrons. The molecule has 0 saturated heterocycles. The van der Waals surface area contributed by atoms with Crippen LogP contribution >= 0.6 is 11.8 Å². The molecule has 8 heteroatoms. The van der Waals surface area contributed by atoms with E-state index in [9.17, 15) is 9.59 Å². The standard InChI is InChI=1S/C19H27N3O4S/c1-14(2)18(24)25-12-16(13-27-11-10-22-19(20)21)26-17(23)9-8-15-6-4-3-5-7-15/h3-7,16H,1,8-13H2,2H3,(H4,20,21,22). The van der Waals surface area contributed by atoms with Gasteiger partial charge in [0, 0.05) is 23.5 Å². The fourth-order valence-electron chi connectivity index (χ4n) is 2.00. The van der Waals surface area contributed by atoms with Crippen molar-refractivity contribution >= 4 is 29.7 Å². The molecule has 0 bridgehead atoms. The number of carbonyl (C=O) groups is 2. The lowest BCUT2D eigenvalue weighted by molar-refractivity contribution is -0.155. The molecule has 1 atom stereocenters. The van der Waals surface area contributed by atoms with Crippen LogP contribution in [0.3, 0.4) is 0 Å².